The number of nitrogens with one attached hydrogen (secondary N) is 2. The van der Waals surface area contributed by atoms with E-state index in [-0.39, 0.29) is 17.5 Å². The van der Waals surface area contributed by atoms with Gasteiger partial charge >= 0.3 is 0 Å². The molecule has 9 heteroatoms. The van der Waals surface area contributed by atoms with Crippen molar-refractivity contribution in [1.29, 1.82) is 0 Å². The van der Waals surface area contributed by atoms with Crippen LogP contribution in [0.4, 0.5) is 5.95 Å². The molecule has 0 aliphatic carbocycles. The number of aromatic nitrogens is 5. The van der Waals surface area contributed by atoms with Crippen molar-refractivity contribution in [2.45, 2.75) is 45.7 Å². The van der Waals surface area contributed by atoms with Crippen LogP contribution in [0.25, 0.3) is 0 Å². The molecule has 0 atom stereocenters. The highest BCUT2D eigenvalue weighted by atomic mass is 16.1. The lowest BCUT2D eigenvalue weighted by atomic mass is 10.1. The van der Waals surface area contributed by atoms with Crippen molar-refractivity contribution in [2.75, 3.05) is 18.0 Å². The van der Waals surface area contributed by atoms with E-state index in [2.05, 4.69) is 30.3 Å². The number of carbonyl (C=O) groups is 1. The first-order chi connectivity index (χ1) is 12.0. The summed E-state index contributed by atoms with van der Waals surface area (Å²) in [5, 5.41) is 7.05. The largest absolute Gasteiger partial charge is 0.353 e. The van der Waals surface area contributed by atoms with Gasteiger partial charge in [0.2, 0.25) is 11.9 Å². The van der Waals surface area contributed by atoms with E-state index in [1.54, 1.807) is 17.9 Å². The molecule has 0 saturated carbocycles. The minimum atomic E-state index is -0.0916. The molecule has 9 nitrogen and oxygen atoms in total. The molecule has 0 spiro atoms. The fraction of sp³-hybridized carbons (Fsp3) is 0.562. The van der Waals surface area contributed by atoms with Crippen LogP contribution in [0.1, 0.15) is 30.5 Å². The normalized spacial score (nSPS) is 15.4. The van der Waals surface area contributed by atoms with Gasteiger partial charge in [0.15, 0.2) is 0 Å². The molecule has 1 aliphatic heterocycles. The van der Waals surface area contributed by atoms with Crippen LogP contribution in [0, 0.1) is 13.8 Å². The van der Waals surface area contributed by atoms with Crippen LogP contribution < -0.4 is 15.8 Å². The number of amides is 1. The Morgan fingerprint density at radius 2 is 2.12 bits per heavy atom. The van der Waals surface area contributed by atoms with Crippen molar-refractivity contribution < 1.29 is 4.79 Å². The van der Waals surface area contributed by atoms with E-state index >= 15 is 0 Å². The summed E-state index contributed by atoms with van der Waals surface area (Å²) in [4.78, 5) is 37.1. The molecule has 3 rings (SSSR count). The van der Waals surface area contributed by atoms with Crippen molar-refractivity contribution in [1.82, 2.24) is 30.0 Å². The highest BCUT2D eigenvalue weighted by Crippen LogP contribution is 2.16. The van der Waals surface area contributed by atoms with Crippen LogP contribution in [0.3, 0.4) is 0 Å². The Morgan fingerprint density at radius 3 is 2.76 bits per heavy atom. The van der Waals surface area contributed by atoms with Gasteiger partial charge in [0, 0.05) is 36.8 Å². The lowest BCUT2D eigenvalue weighted by Crippen LogP contribution is -2.45. The summed E-state index contributed by atoms with van der Waals surface area (Å²) in [6.07, 6.45) is 5.09. The predicted molar refractivity (Wildman–Crippen MR) is 92.3 cm³/mol. The molecule has 1 saturated heterocycles. The molecular formula is C16H23N7O2. The summed E-state index contributed by atoms with van der Waals surface area (Å²) in [5.41, 5.74) is 1.31. The number of rotatable bonds is 5. The molecule has 0 bridgehead atoms. The zero-order chi connectivity index (χ0) is 17.8. The average Bonchev–Trinajstić information content (AvgIpc) is 3.12. The van der Waals surface area contributed by atoms with E-state index < -0.39 is 0 Å². The molecule has 1 amide bonds. The standard InChI is InChI=1S/C16H23N7O2/c1-11-12(2)19-16(21-15(11)25)22-6-3-13(4-7-22)20-14(24)5-8-23-10-17-9-18-23/h9-10,13H,3-8H2,1-2H3,(H,20,24)(H,19,21,25). The summed E-state index contributed by atoms with van der Waals surface area (Å²) in [6, 6.07) is 0.151. The number of H-pyrrole nitrogens is 1. The number of aromatic amines is 1. The Hall–Kier alpha value is -2.71. The van der Waals surface area contributed by atoms with E-state index in [1.807, 2.05) is 6.92 Å². The number of aryl methyl sites for hydroxylation is 2. The quantitative estimate of drug-likeness (QED) is 0.799. The van der Waals surface area contributed by atoms with E-state index in [0.717, 1.165) is 31.6 Å². The molecule has 1 aliphatic rings. The SMILES string of the molecule is Cc1nc(N2CCC(NC(=O)CCn3cncn3)CC2)[nH]c(=O)c1C. The van der Waals surface area contributed by atoms with Crippen molar-refractivity contribution in [3.05, 3.63) is 34.3 Å². The van der Waals surface area contributed by atoms with Gasteiger partial charge in [-0.1, -0.05) is 0 Å². The van der Waals surface area contributed by atoms with Crippen molar-refractivity contribution in [3.8, 4) is 0 Å². The van der Waals surface area contributed by atoms with Gasteiger partial charge in [-0.2, -0.15) is 5.10 Å². The highest BCUT2D eigenvalue weighted by Gasteiger charge is 2.22. The second-order valence-electron chi connectivity index (χ2n) is 6.34. The molecule has 25 heavy (non-hydrogen) atoms. The van der Waals surface area contributed by atoms with Gasteiger partial charge in [0.25, 0.3) is 5.56 Å². The first-order valence-corrected chi connectivity index (χ1v) is 8.47. The Balaban J connectivity index is 1.48. The summed E-state index contributed by atoms with van der Waals surface area (Å²) in [5.74, 6) is 0.635. The van der Waals surface area contributed by atoms with Crippen molar-refractivity contribution in [3.63, 3.8) is 0 Å². The monoisotopic (exact) mass is 345 g/mol. The van der Waals surface area contributed by atoms with Crippen LogP contribution in [0.5, 0.6) is 0 Å². The lowest BCUT2D eigenvalue weighted by Gasteiger charge is -2.32. The van der Waals surface area contributed by atoms with Crippen molar-refractivity contribution in [2.24, 2.45) is 0 Å². The summed E-state index contributed by atoms with van der Waals surface area (Å²) >= 11 is 0. The fourth-order valence-electron chi connectivity index (χ4n) is 2.88. The Bertz CT molecular complexity index is 776. The number of hydrogen-bond acceptors (Lipinski definition) is 6. The topological polar surface area (TPSA) is 109 Å². The maximum atomic E-state index is 12.0. The molecule has 1 fully saturated rings. The van der Waals surface area contributed by atoms with Gasteiger partial charge in [0.1, 0.15) is 12.7 Å². The van der Waals surface area contributed by atoms with Gasteiger partial charge in [-0.25, -0.2) is 9.97 Å². The summed E-state index contributed by atoms with van der Waals surface area (Å²) in [6.45, 7) is 5.64. The summed E-state index contributed by atoms with van der Waals surface area (Å²) in [7, 11) is 0. The number of nitrogens with zero attached hydrogens (tertiary/aromatic N) is 5. The van der Waals surface area contributed by atoms with E-state index in [0.29, 0.717) is 24.5 Å². The van der Waals surface area contributed by atoms with E-state index in [4.69, 9.17) is 0 Å². The number of anilines is 1. The van der Waals surface area contributed by atoms with Crippen LogP contribution in [-0.2, 0) is 11.3 Å². The molecule has 0 unspecified atom stereocenters. The highest BCUT2D eigenvalue weighted by molar-refractivity contribution is 5.76. The zero-order valence-corrected chi connectivity index (χ0v) is 14.5. The molecule has 134 valence electrons. The van der Waals surface area contributed by atoms with Gasteiger partial charge < -0.3 is 10.2 Å². The number of hydrogen-bond donors (Lipinski definition) is 2. The van der Waals surface area contributed by atoms with E-state index in [9.17, 15) is 9.59 Å². The Kier molecular flexibility index (Phi) is 5.11. The molecular weight excluding hydrogens is 322 g/mol. The van der Waals surface area contributed by atoms with Gasteiger partial charge in [-0.15, -0.1) is 0 Å². The van der Waals surface area contributed by atoms with Gasteiger partial charge in [0.05, 0.1) is 6.54 Å². The first kappa shape index (κ1) is 17.1. The molecule has 0 aromatic carbocycles. The van der Waals surface area contributed by atoms with Gasteiger partial charge in [-0.05, 0) is 26.7 Å². The van der Waals surface area contributed by atoms with Crippen LogP contribution >= 0.6 is 0 Å². The minimum absolute atomic E-state index is 0.0201. The predicted octanol–water partition coefficient (Wildman–Crippen LogP) is 0.154. The van der Waals surface area contributed by atoms with Crippen LogP contribution in [0.2, 0.25) is 0 Å². The maximum Gasteiger partial charge on any atom is 0.255 e. The Morgan fingerprint density at radius 1 is 1.36 bits per heavy atom. The smallest absolute Gasteiger partial charge is 0.255 e. The second-order valence-corrected chi connectivity index (χ2v) is 6.34. The molecule has 3 heterocycles. The van der Waals surface area contributed by atoms with Crippen LogP contribution in [-0.4, -0.2) is 49.8 Å². The van der Waals surface area contributed by atoms with Crippen molar-refractivity contribution >= 4 is 11.9 Å². The fourth-order valence-corrected chi connectivity index (χ4v) is 2.88. The third kappa shape index (κ3) is 4.23. The molecule has 2 aromatic heterocycles. The molecule has 2 aromatic rings. The maximum absolute atomic E-state index is 12.0. The minimum Gasteiger partial charge on any atom is -0.353 e. The number of piperidine rings is 1. The molecule has 0 radical (unpaired) electrons. The van der Waals surface area contributed by atoms with E-state index in [1.165, 1.54) is 6.33 Å². The Labute approximate surface area is 145 Å². The zero-order valence-electron chi connectivity index (χ0n) is 14.5. The summed E-state index contributed by atoms with van der Waals surface area (Å²) < 4.78 is 1.64. The first-order valence-electron chi connectivity index (χ1n) is 8.47. The second kappa shape index (κ2) is 7.45. The van der Waals surface area contributed by atoms with Crippen LogP contribution in [0.15, 0.2) is 17.4 Å². The van der Waals surface area contributed by atoms with Gasteiger partial charge in [-0.3, -0.25) is 19.3 Å². The third-order valence-corrected chi connectivity index (χ3v) is 4.58. The lowest BCUT2D eigenvalue weighted by molar-refractivity contribution is -0.122. The molecule has 2 N–H and O–H groups in total. The average molecular weight is 345 g/mol. The third-order valence-electron chi connectivity index (χ3n) is 4.58. The number of carbonyl (C=O) groups excluding carboxylic acids is 1.